The van der Waals surface area contributed by atoms with Gasteiger partial charge in [0.05, 0.1) is 6.04 Å². The van der Waals surface area contributed by atoms with Crippen molar-refractivity contribution in [2.45, 2.75) is 19.4 Å². The van der Waals surface area contributed by atoms with Crippen LogP contribution in [0.2, 0.25) is 0 Å². The maximum atomic E-state index is 11.3. The van der Waals surface area contributed by atoms with Gasteiger partial charge in [0, 0.05) is 6.54 Å². The van der Waals surface area contributed by atoms with E-state index >= 15 is 0 Å². The quantitative estimate of drug-likeness (QED) is 0.583. The number of nitrogens with one attached hydrogen (secondary N) is 1. The fourth-order valence-electron chi connectivity index (χ4n) is 1.69. The number of amides is 1. The summed E-state index contributed by atoms with van der Waals surface area (Å²) in [5.74, 6) is 0.660. The van der Waals surface area contributed by atoms with E-state index in [1.807, 2.05) is 19.0 Å². The molecule has 1 fully saturated rings. The van der Waals surface area contributed by atoms with E-state index in [9.17, 15) is 4.79 Å². The predicted molar refractivity (Wildman–Crippen MR) is 44.3 cm³/mol. The minimum atomic E-state index is 0.0729. The van der Waals surface area contributed by atoms with Crippen molar-refractivity contribution in [3.05, 3.63) is 0 Å². The van der Waals surface area contributed by atoms with E-state index in [2.05, 4.69) is 12.2 Å². The maximum Gasteiger partial charge on any atom is 0.237 e. The van der Waals surface area contributed by atoms with Gasteiger partial charge >= 0.3 is 0 Å². The Morgan fingerprint density at radius 3 is 2.55 bits per heavy atom. The number of carbonyl (C=O) groups excluding carboxylic acids is 1. The number of nitrogens with zero attached hydrogens (tertiary/aromatic N) is 1. The standard InChI is InChI=1S/C8H16N2O/c1-6-4-5-9-8(11)7(6)10(2)3/h6-7H,4-5H2,1-3H3,(H,9,11). The van der Waals surface area contributed by atoms with Crippen molar-refractivity contribution >= 4 is 5.91 Å². The Morgan fingerprint density at radius 2 is 2.18 bits per heavy atom. The average Bonchev–Trinajstić information content (AvgIpc) is 1.85. The summed E-state index contributed by atoms with van der Waals surface area (Å²) >= 11 is 0. The van der Waals surface area contributed by atoms with E-state index in [-0.39, 0.29) is 11.9 Å². The van der Waals surface area contributed by atoms with Crippen molar-refractivity contribution in [2.75, 3.05) is 20.6 Å². The number of hydrogen-bond acceptors (Lipinski definition) is 2. The molecular formula is C8H16N2O. The molecule has 0 aromatic heterocycles. The normalized spacial score (nSPS) is 32.2. The van der Waals surface area contributed by atoms with Crippen LogP contribution >= 0.6 is 0 Å². The van der Waals surface area contributed by atoms with Gasteiger partial charge in [0.25, 0.3) is 0 Å². The molecule has 0 aromatic rings. The third-order valence-corrected chi connectivity index (χ3v) is 2.26. The molecule has 0 spiro atoms. The molecule has 1 rings (SSSR count). The summed E-state index contributed by atoms with van der Waals surface area (Å²) in [5.41, 5.74) is 0. The predicted octanol–water partition coefficient (Wildman–Crippen LogP) is 0.0726. The van der Waals surface area contributed by atoms with Crippen LogP contribution in [0.15, 0.2) is 0 Å². The van der Waals surface area contributed by atoms with Gasteiger partial charge in [-0.05, 0) is 26.4 Å². The number of hydrogen-bond donors (Lipinski definition) is 1. The Kier molecular flexibility index (Phi) is 2.49. The molecule has 1 amide bonds. The van der Waals surface area contributed by atoms with Crippen molar-refractivity contribution in [1.29, 1.82) is 0 Å². The first-order valence-electron chi connectivity index (χ1n) is 4.07. The fraction of sp³-hybridized carbons (Fsp3) is 0.875. The molecule has 2 atom stereocenters. The molecule has 1 N–H and O–H groups in total. The van der Waals surface area contributed by atoms with Crippen molar-refractivity contribution in [3.8, 4) is 0 Å². The number of likely N-dealkylation sites (N-methyl/N-ethyl adjacent to an activating group) is 1. The molecule has 64 valence electrons. The van der Waals surface area contributed by atoms with Crippen molar-refractivity contribution in [3.63, 3.8) is 0 Å². The zero-order valence-electron chi connectivity index (χ0n) is 7.42. The van der Waals surface area contributed by atoms with E-state index in [1.54, 1.807) is 0 Å². The minimum Gasteiger partial charge on any atom is -0.355 e. The largest absolute Gasteiger partial charge is 0.355 e. The summed E-state index contributed by atoms with van der Waals surface area (Å²) in [6, 6.07) is 0.0729. The van der Waals surface area contributed by atoms with Crippen LogP contribution in [0, 0.1) is 5.92 Å². The zero-order valence-corrected chi connectivity index (χ0v) is 7.42. The molecular weight excluding hydrogens is 140 g/mol. The lowest BCUT2D eigenvalue weighted by atomic mass is 9.93. The summed E-state index contributed by atoms with van der Waals surface area (Å²) in [6.07, 6.45) is 1.09. The third kappa shape index (κ3) is 1.71. The number of piperidine rings is 1. The highest BCUT2D eigenvalue weighted by Crippen LogP contribution is 2.15. The molecule has 1 saturated heterocycles. The van der Waals surface area contributed by atoms with E-state index < -0.39 is 0 Å². The summed E-state index contributed by atoms with van der Waals surface area (Å²) in [5, 5.41) is 2.86. The van der Waals surface area contributed by atoms with Crippen LogP contribution in [0.4, 0.5) is 0 Å². The van der Waals surface area contributed by atoms with E-state index in [0.717, 1.165) is 13.0 Å². The van der Waals surface area contributed by atoms with Gasteiger partial charge in [0.1, 0.15) is 0 Å². The first-order chi connectivity index (χ1) is 5.13. The molecule has 0 aromatic carbocycles. The monoisotopic (exact) mass is 156 g/mol. The SMILES string of the molecule is CC1CCNC(=O)C1N(C)C. The topological polar surface area (TPSA) is 32.3 Å². The van der Waals surface area contributed by atoms with Gasteiger partial charge in [-0.15, -0.1) is 0 Å². The van der Waals surface area contributed by atoms with Crippen LogP contribution < -0.4 is 5.32 Å². The Morgan fingerprint density at radius 1 is 1.55 bits per heavy atom. The highest BCUT2D eigenvalue weighted by Gasteiger charge is 2.29. The van der Waals surface area contributed by atoms with Gasteiger partial charge < -0.3 is 5.32 Å². The summed E-state index contributed by atoms with van der Waals surface area (Å²) in [6.45, 7) is 2.97. The van der Waals surface area contributed by atoms with Crippen molar-refractivity contribution in [1.82, 2.24) is 10.2 Å². The van der Waals surface area contributed by atoms with Crippen molar-refractivity contribution in [2.24, 2.45) is 5.92 Å². The molecule has 0 bridgehead atoms. The molecule has 1 aliphatic heterocycles. The Hall–Kier alpha value is -0.570. The van der Waals surface area contributed by atoms with Gasteiger partial charge in [0.15, 0.2) is 0 Å². The second kappa shape index (κ2) is 3.22. The summed E-state index contributed by atoms with van der Waals surface area (Å²) < 4.78 is 0. The van der Waals surface area contributed by atoms with Crippen LogP contribution in [-0.2, 0) is 4.79 Å². The van der Waals surface area contributed by atoms with Crippen LogP contribution in [0.5, 0.6) is 0 Å². The first kappa shape index (κ1) is 8.53. The molecule has 1 heterocycles. The average molecular weight is 156 g/mol. The lowest BCUT2D eigenvalue weighted by Crippen LogP contribution is -2.52. The minimum absolute atomic E-state index is 0.0729. The first-order valence-corrected chi connectivity index (χ1v) is 4.07. The van der Waals surface area contributed by atoms with Gasteiger partial charge in [0.2, 0.25) is 5.91 Å². The van der Waals surface area contributed by atoms with Gasteiger partial charge in [-0.3, -0.25) is 9.69 Å². The Bertz CT molecular complexity index is 156. The van der Waals surface area contributed by atoms with Crippen LogP contribution in [0.3, 0.4) is 0 Å². The zero-order chi connectivity index (χ0) is 8.43. The number of rotatable bonds is 1. The molecule has 1 aliphatic rings. The summed E-state index contributed by atoms with van der Waals surface area (Å²) in [4.78, 5) is 13.3. The third-order valence-electron chi connectivity index (χ3n) is 2.26. The Balaban J connectivity index is 2.63. The van der Waals surface area contributed by atoms with Gasteiger partial charge in [-0.2, -0.15) is 0 Å². The van der Waals surface area contributed by atoms with Crippen LogP contribution in [0.25, 0.3) is 0 Å². The van der Waals surface area contributed by atoms with Crippen LogP contribution in [0.1, 0.15) is 13.3 Å². The summed E-state index contributed by atoms with van der Waals surface area (Å²) in [7, 11) is 3.90. The second-order valence-corrected chi connectivity index (χ2v) is 3.47. The highest BCUT2D eigenvalue weighted by atomic mass is 16.2. The van der Waals surface area contributed by atoms with Crippen LogP contribution in [-0.4, -0.2) is 37.5 Å². The van der Waals surface area contributed by atoms with E-state index in [4.69, 9.17) is 0 Å². The molecule has 0 saturated carbocycles. The molecule has 3 nitrogen and oxygen atoms in total. The highest BCUT2D eigenvalue weighted by molar-refractivity contribution is 5.82. The lowest BCUT2D eigenvalue weighted by molar-refractivity contribution is -0.129. The smallest absolute Gasteiger partial charge is 0.237 e. The lowest BCUT2D eigenvalue weighted by Gasteiger charge is -2.32. The fourth-order valence-corrected chi connectivity index (χ4v) is 1.69. The van der Waals surface area contributed by atoms with Gasteiger partial charge in [-0.25, -0.2) is 0 Å². The Labute approximate surface area is 67.8 Å². The second-order valence-electron chi connectivity index (χ2n) is 3.47. The molecule has 0 radical (unpaired) electrons. The van der Waals surface area contributed by atoms with Crippen molar-refractivity contribution < 1.29 is 4.79 Å². The molecule has 11 heavy (non-hydrogen) atoms. The molecule has 0 aliphatic carbocycles. The molecule has 3 heteroatoms. The number of carbonyl (C=O) groups is 1. The molecule has 2 unspecified atom stereocenters. The van der Waals surface area contributed by atoms with E-state index in [0.29, 0.717) is 5.92 Å². The van der Waals surface area contributed by atoms with Gasteiger partial charge in [-0.1, -0.05) is 6.92 Å². The maximum absolute atomic E-state index is 11.3. The van der Waals surface area contributed by atoms with E-state index in [1.165, 1.54) is 0 Å².